The molecule has 3 aromatic carbocycles. The molecule has 1 heterocycles. The molecular formula is C28H25N3O3. The number of pyridine rings is 1. The molecule has 170 valence electrons. The molecule has 34 heavy (non-hydrogen) atoms. The smallest absolute Gasteiger partial charge is 0.267 e. The molecule has 2 N–H and O–H groups in total. The van der Waals surface area contributed by atoms with Crippen molar-refractivity contribution in [1.82, 2.24) is 9.88 Å². The summed E-state index contributed by atoms with van der Waals surface area (Å²) in [4.78, 5) is 37.9. The topological polar surface area (TPSA) is 80.2 Å². The summed E-state index contributed by atoms with van der Waals surface area (Å²) >= 11 is 0. The number of anilines is 1. The highest BCUT2D eigenvalue weighted by Crippen LogP contribution is 2.14. The molecule has 4 aromatic rings. The molecule has 2 amide bonds. The van der Waals surface area contributed by atoms with Crippen LogP contribution in [0.5, 0.6) is 0 Å². The van der Waals surface area contributed by atoms with Crippen LogP contribution in [0.1, 0.15) is 32.7 Å². The molecule has 0 bridgehead atoms. The summed E-state index contributed by atoms with van der Waals surface area (Å²) in [5, 5.41) is 5.67. The lowest BCUT2D eigenvalue weighted by molar-refractivity contribution is 0.0950. The van der Waals surface area contributed by atoms with Crippen LogP contribution in [-0.4, -0.2) is 22.9 Å². The normalized spacial score (nSPS) is 10.5. The van der Waals surface area contributed by atoms with Gasteiger partial charge in [-0.05, 0) is 66.9 Å². The maximum atomic E-state index is 12.9. The first-order valence-electron chi connectivity index (χ1n) is 11.1. The van der Waals surface area contributed by atoms with Gasteiger partial charge in [0, 0.05) is 29.7 Å². The van der Waals surface area contributed by atoms with Gasteiger partial charge < -0.3 is 10.6 Å². The minimum absolute atomic E-state index is 0.0867. The van der Waals surface area contributed by atoms with Gasteiger partial charge in [0.1, 0.15) is 5.56 Å². The predicted octanol–water partition coefficient (Wildman–Crippen LogP) is 4.45. The summed E-state index contributed by atoms with van der Waals surface area (Å²) in [6.45, 7) is 0.484. The molecular weight excluding hydrogens is 426 g/mol. The molecule has 0 fully saturated rings. The number of nitrogens with zero attached hydrogens (tertiary/aromatic N) is 1. The molecule has 6 heteroatoms. The lowest BCUT2D eigenvalue weighted by Crippen LogP contribution is -2.32. The van der Waals surface area contributed by atoms with Crippen LogP contribution in [0.25, 0.3) is 5.69 Å². The van der Waals surface area contributed by atoms with E-state index in [1.54, 1.807) is 60.8 Å². The Morgan fingerprint density at radius 1 is 0.735 bits per heavy atom. The van der Waals surface area contributed by atoms with E-state index in [1.807, 2.05) is 24.3 Å². The third kappa shape index (κ3) is 5.66. The van der Waals surface area contributed by atoms with Crippen LogP contribution in [0, 0.1) is 0 Å². The third-order valence-electron chi connectivity index (χ3n) is 5.40. The van der Waals surface area contributed by atoms with Crippen molar-refractivity contribution in [3.63, 3.8) is 0 Å². The van der Waals surface area contributed by atoms with Crippen LogP contribution in [0.15, 0.2) is 108 Å². The molecule has 0 spiro atoms. The first kappa shape index (κ1) is 22.7. The van der Waals surface area contributed by atoms with Crippen LogP contribution < -0.4 is 16.2 Å². The van der Waals surface area contributed by atoms with E-state index in [0.717, 1.165) is 12.8 Å². The van der Waals surface area contributed by atoms with E-state index in [2.05, 4.69) is 22.8 Å². The maximum Gasteiger partial charge on any atom is 0.267 e. The van der Waals surface area contributed by atoms with E-state index in [-0.39, 0.29) is 17.4 Å². The first-order chi connectivity index (χ1) is 16.6. The molecule has 0 radical (unpaired) electrons. The highest BCUT2D eigenvalue weighted by Gasteiger charge is 2.13. The summed E-state index contributed by atoms with van der Waals surface area (Å²) in [5.41, 5.74) is 2.67. The van der Waals surface area contributed by atoms with Crippen molar-refractivity contribution < 1.29 is 9.59 Å². The Kier molecular flexibility index (Phi) is 7.30. The Balaban J connectivity index is 1.39. The lowest BCUT2D eigenvalue weighted by atomic mass is 10.1. The Bertz CT molecular complexity index is 1310. The Morgan fingerprint density at radius 2 is 1.41 bits per heavy atom. The van der Waals surface area contributed by atoms with Crippen molar-refractivity contribution in [2.45, 2.75) is 12.8 Å². The van der Waals surface area contributed by atoms with Crippen LogP contribution in [0.3, 0.4) is 0 Å². The molecule has 0 saturated carbocycles. The standard InChI is InChI=1S/C28H25N3O3/c32-26(22-12-5-2-6-13-22)30-23-15-17-24(18-16-23)31-20-8-14-25(28(31)34)27(33)29-19-7-11-21-9-3-1-4-10-21/h1-6,8-10,12-18,20H,7,11,19H2,(H,29,33)(H,30,32). The summed E-state index contributed by atoms with van der Waals surface area (Å²) in [7, 11) is 0. The number of nitrogens with one attached hydrogen (secondary N) is 2. The zero-order chi connectivity index (χ0) is 23.8. The quantitative estimate of drug-likeness (QED) is 0.389. The van der Waals surface area contributed by atoms with Gasteiger partial charge in [-0.1, -0.05) is 48.5 Å². The molecule has 0 aliphatic carbocycles. The average Bonchev–Trinajstić information content (AvgIpc) is 2.88. The van der Waals surface area contributed by atoms with Gasteiger partial charge in [0.15, 0.2) is 0 Å². The second-order valence-corrected chi connectivity index (χ2v) is 7.81. The van der Waals surface area contributed by atoms with Gasteiger partial charge in [0.25, 0.3) is 17.4 Å². The number of carbonyl (C=O) groups excluding carboxylic acids is 2. The van der Waals surface area contributed by atoms with E-state index in [0.29, 0.717) is 23.5 Å². The van der Waals surface area contributed by atoms with E-state index >= 15 is 0 Å². The third-order valence-corrected chi connectivity index (χ3v) is 5.40. The fourth-order valence-electron chi connectivity index (χ4n) is 3.60. The number of carbonyl (C=O) groups is 2. The Labute approximate surface area is 197 Å². The fraction of sp³-hybridized carbons (Fsp3) is 0.107. The van der Waals surface area contributed by atoms with E-state index < -0.39 is 5.56 Å². The highest BCUT2D eigenvalue weighted by molar-refractivity contribution is 6.04. The summed E-state index contributed by atoms with van der Waals surface area (Å²) < 4.78 is 1.42. The van der Waals surface area contributed by atoms with Crippen LogP contribution in [-0.2, 0) is 6.42 Å². The van der Waals surface area contributed by atoms with Crippen molar-refractivity contribution in [3.05, 3.63) is 130 Å². The minimum atomic E-state index is -0.399. The summed E-state index contributed by atoms with van der Waals surface area (Å²) in [6, 6.07) is 29.1. The largest absolute Gasteiger partial charge is 0.352 e. The van der Waals surface area contributed by atoms with Crippen molar-refractivity contribution in [2.24, 2.45) is 0 Å². The van der Waals surface area contributed by atoms with Crippen LogP contribution >= 0.6 is 0 Å². The monoisotopic (exact) mass is 451 g/mol. The second-order valence-electron chi connectivity index (χ2n) is 7.81. The summed E-state index contributed by atoms with van der Waals surface area (Å²) in [5.74, 6) is -0.601. The number of hydrogen-bond donors (Lipinski definition) is 2. The van der Waals surface area contributed by atoms with E-state index in [9.17, 15) is 14.4 Å². The lowest BCUT2D eigenvalue weighted by Gasteiger charge is -2.10. The SMILES string of the molecule is O=C(Nc1ccc(-n2cccc(C(=O)NCCCc3ccccc3)c2=O)cc1)c1ccccc1. The number of amides is 2. The first-order valence-corrected chi connectivity index (χ1v) is 11.1. The van der Waals surface area contributed by atoms with Crippen LogP contribution in [0.4, 0.5) is 5.69 Å². The van der Waals surface area contributed by atoms with Gasteiger partial charge >= 0.3 is 0 Å². The number of hydrogen-bond acceptors (Lipinski definition) is 3. The molecule has 0 unspecified atom stereocenters. The van der Waals surface area contributed by atoms with E-state index in [4.69, 9.17) is 0 Å². The molecule has 6 nitrogen and oxygen atoms in total. The van der Waals surface area contributed by atoms with Crippen molar-refractivity contribution in [2.75, 3.05) is 11.9 Å². The van der Waals surface area contributed by atoms with E-state index in [1.165, 1.54) is 16.2 Å². The van der Waals surface area contributed by atoms with Gasteiger partial charge in [-0.2, -0.15) is 0 Å². The zero-order valence-corrected chi connectivity index (χ0v) is 18.6. The molecule has 1 aromatic heterocycles. The van der Waals surface area contributed by atoms with Crippen LogP contribution in [0.2, 0.25) is 0 Å². The molecule has 4 rings (SSSR count). The second kappa shape index (κ2) is 10.9. The Hall–Kier alpha value is -4.45. The molecule has 0 saturated heterocycles. The highest BCUT2D eigenvalue weighted by atomic mass is 16.2. The molecule has 0 aliphatic heterocycles. The van der Waals surface area contributed by atoms with Gasteiger partial charge in [-0.15, -0.1) is 0 Å². The van der Waals surface area contributed by atoms with Crippen molar-refractivity contribution in [3.8, 4) is 5.69 Å². The molecule has 0 aliphatic rings. The number of aromatic nitrogens is 1. The van der Waals surface area contributed by atoms with Gasteiger partial charge in [0.2, 0.25) is 0 Å². The van der Waals surface area contributed by atoms with Gasteiger partial charge in [-0.25, -0.2) is 0 Å². The zero-order valence-electron chi connectivity index (χ0n) is 18.6. The summed E-state index contributed by atoms with van der Waals surface area (Å²) in [6.07, 6.45) is 3.26. The fourth-order valence-corrected chi connectivity index (χ4v) is 3.60. The molecule has 0 atom stereocenters. The van der Waals surface area contributed by atoms with Gasteiger partial charge in [-0.3, -0.25) is 19.0 Å². The Morgan fingerprint density at radius 3 is 2.12 bits per heavy atom. The maximum absolute atomic E-state index is 12.9. The number of benzene rings is 3. The average molecular weight is 452 g/mol. The number of rotatable bonds is 8. The van der Waals surface area contributed by atoms with Crippen molar-refractivity contribution in [1.29, 1.82) is 0 Å². The number of aryl methyl sites for hydroxylation is 1. The van der Waals surface area contributed by atoms with Crippen molar-refractivity contribution >= 4 is 17.5 Å². The minimum Gasteiger partial charge on any atom is -0.352 e. The van der Waals surface area contributed by atoms with Gasteiger partial charge in [0.05, 0.1) is 0 Å². The predicted molar refractivity (Wildman–Crippen MR) is 134 cm³/mol.